The number of aromatic nitrogens is 3. The van der Waals surface area contributed by atoms with E-state index in [4.69, 9.17) is 4.98 Å². The minimum Gasteiger partial charge on any atom is -0.344 e. The summed E-state index contributed by atoms with van der Waals surface area (Å²) in [5.41, 5.74) is 3.76. The van der Waals surface area contributed by atoms with Crippen LogP contribution in [-0.4, -0.2) is 43.7 Å². The van der Waals surface area contributed by atoms with Gasteiger partial charge in [0, 0.05) is 24.0 Å². The highest BCUT2D eigenvalue weighted by atomic mass is 32.1. The third-order valence-electron chi connectivity index (χ3n) is 8.03. The van der Waals surface area contributed by atoms with Crippen molar-refractivity contribution in [3.63, 3.8) is 0 Å². The van der Waals surface area contributed by atoms with Gasteiger partial charge in [-0.3, -0.25) is 14.0 Å². The molecule has 1 aliphatic carbocycles. The van der Waals surface area contributed by atoms with Crippen LogP contribution in [0, 0.1) is 18.8 Å². The van der Waals surface area contributed by atoms with Crippen molar-refractivity contribution in [3.8, 4) is 11.4 Å². The van der Waals surface area contributed by atoms with E-state index in [0.717, 1.165) is 79.2 Å². The molecule has 2 fully saturated rings. The second kappa shape index (κ2) is 10.7. The average Bonchev–Trinajstić information content (AvgIpc) is 3.64. The molecule has 3 aromatic rings. The number of carbonyl (C=O) groups is 2. The highest BCUT2D eigenvalue weighted by Gasteiger charge is 2.40. The molecule has 3 atom stereocenters. The Labute approximate surface area is 217 Å². The van der Waals surface area contributed by atoms with Crippen LogP contribution < -0.4 is 5.32 Å². The van der Waals surface area contributed by atoms with Gasteiger partial charge in [0.2, 0.25) is 11.8 Å². The number of nitrogens with one attached hydrogen (secondary N) is 1. The van der Waals surface area contributed by atoms with Crippen molar-refractivity contribution in [1.82, 2.24) is 24.6 Å². The van der Waals surface area contributed by atoms with Crippen molar-refractivity contribution in [2.75, 3.05) is 6.54 Å². The number of hydrogen-bond donors (Lipinski definition) is 1. The molecule has 0 aromatic carbocycles. The van der Waals surface area contributed by atoms with Crippen molar-refractivity contribution in [2.24, 2.45) is 11.8 Å². The molecule has 8 heteroatoms. The van der Waals surface area contributed by atoms with Crippen molar-refractivity contribution >= 4 is 28.8 Å². The highest BCUT2D eigenvalue weighted by molar-refractivity contribution is 7.10. The number of likely N-dealkylation sites (tertiary alicyclic amines) is 1. The summed E-state index contributed by atoms with van der Waals surface area (Å²) in [4.78, 5) is 38.6. The number of thiazole rings is 1. The SMILES string of the molecule is CC[C@@H](C)C(=O)N[C@H](C(=O)N1CCC[C@H]1c1nc(-c2c(C)nc3ccccn23)cs1)C1CCCCC1. The first kappa shape index (κ1) is 24.9. The normalized spacial score (nSPS) is 20.5. The lowest BCUT2D eigenvalue weighted by Crippen LogP contribution is -2.53. The number of carbonyl (C=O) groups excluding carboxylic acids is 2. The molecule has 0 radical (unpaired) electrons. The van der Waals surface area contributed by atoms with Gasteiger partial charge >= 0.3 is 0 Å². The molecule has 7 nitrogen and oxygen atoms in total. The molecule has 1 aliphatic heterocycles. The molecule has 0 spiro atoms. The number of nitrogens with zero attached hydrogens (tertiary/aromatic N) is 4. The standard InChI is InChI=1S/C28H37N5O2S/c1-4-18(2)26(34)31-24(20-11-6-5-7-12-20)28(35)32-16-10-13-22(32)27-30-21(17-36-27)25-19(3)29-23-14-8-9-15-33(23)25/h8-9,14-15,17-18,20,22,24H,4-7,10-13,16H2,1-3H3,(H,31,34)/t18-,22+,24+/m1/s1. The summed E-state index contributed by atoms with van der Waals surface area (Å²) < 4.78 is 2.08. The summed E-state index contributed by atoms with van der Waals surface area (Å²) in [6, 6.07) is 5.51. The van der Waals surface area contributed by atoms with Gasteiger partial charge < -0.3 is 10.2 Å². The van der Waals surface area contributed by atoms with Crippen LogP contribution in [0.15, 0.2) is 29.8 Å². The van der Waals surface area contributed by atoms with Crippen molar-refractivity contribution in [2.45, 2.75) is 84.2 Å². The van der Waals surface area contributed by atoms with Crippen LogP contribution >= 0.6 is 11.3 Å². The van der Waals surface area contributed by atoms with Gasteiger partial charge in [0.1, 0.15) is 22.4 Å². The summed E-state index contributed by atoms with van der Waals surface area (Å²) in [5.74, 6) is 0.197. The predicted molar refractivity (Wildman–Crippen MR) is 143 cm³/mol. The zero-order valence-electron chi connectivity index (χ0n) is 21.6. The molecular formula is C28H37N5O2S. The minimum atomic E-state index is -0.437. The first-order chi connectivity index (χ1) is 17.5. The molecular weight excluding hydrogens is 470 g/mol. The highest BCUT2D eigenvalue weighted by Crippen LogP contribution is 2.38. The molecule has 2 aliphatic rings. The summed E-state index contributed by atoms with van der Waals surface area (Å²) in [6.45, 7) is 6.69. The maximum absolute atomic E-state index is 14.0. The van der Waals surface area contributed by atoms with Crippen LogP contribution in [-0.2, 0) is 9.59 Å². The molecule has 36 heavy (non-hydrogen) atoms. The number of amides is 2. The van der Waals surface area contributed by atoms with Crippen molar-refractivity contribution in [3.05, 3.63) is 40.5 Å². The van der Waals surface area contributed by atoms with Crippen LogP contribution in [0.25, 0.3) is 17.0 Å². The van der Waals surface area contributed by atoms with Gasteiger partial charge in [0.05, 0.1) is 17.4 Å². The first-order valence-electron chi connectivity index (χ1n) is 13.5. The third kappa shape index (κ3) is 4.80. The zero-order chi connectivity index (χ0) is 25.2. The number of fused-ring (bicyclic) bond motifs is 1. The first-order valence-corrected chi connectivity index (χ1v) is 14.4. The topological polar surface area (TPSA) is 79.6 Å². The van der Waals surface area contributed by atoms with E-state index < -0.39 is 6.04 Å². The lowest BCUT2D eigenvalue weighted by molar-refractivity contribution is -0.140. The smallest absolute Gasteiger partial charge is 0.246 e. The number of rotatable bonds is 7. The van der Waals surface area contributed by atoms with E-state index in [0.29, 0.717) is 0 Å². The van der Waals surface area contributed by atoms with E-state index in [2.05, 4.69) is 20.1 Å². The largest absolute Gasteiger partial charge is 0.344 e. The van der Waals surface area contributed by atoms with Gasteiger partial charge in [0.25, 0.3) is 0 Å². The van der Waals surface area contributed by atoms with E-state index in [1.54, 1.807) is 11.3 Å². The number of hydrogen-bond acceptors (Lipinski definition) is 5. The Morgan fingerprint density at radius 1 is 1.14 bits per heavy atom. The summed E-state index contributed by atoms with van der Waals surface area (Å²) >= 11 is 1.62. The van der Waals surface area contributed by atoms with Gasteiger partial charge in [-0.15, -0.1) is 11.3 Å². The Hall–Kier alpha value is -2.74. The Morgan fingerprint density at radius 2 is 1.94 bits per heavy atom. The summed E-state index contributed by atoms with van der Waals surface area (Å²) in [5, 5.41) is 6.24. The summed E-state index contributed by atoms with van der Waals surface area (Å²) in [7, 11) is 0. The van der Waals surface area contributed by atoms with E-state index in [1.807, 2.05) is 50.1 Å². The van der Waals surface area contributed by atoms with E-state index >= 15 is 0 Å². The van der Waals surface area contributed by atoms with Crippen LogP contribution in [0.1, 0.15) is 82.0 Å². The van der Waals surface area contributed by atoms with Crippen LogP contribution in [0.2, 0.25) is 0 Å². The monoisotopic (exact) mass is 507 g/mol. The molecule has 3 aromatic heterocycles. The van der Waals surface area contributed by atoms with E-state index in [1.165, 1.54) is 6.42 Å². The van der Waals surface area contributed by atoms with Crippen LogP contribution in [0.4, 0.5) is 0 Å². The molecule has 1 saturated heterocycles. The lowest BCUT2D eigenvalue weighted by Gasteiger charge is -2.35. The quantitative estimate of drug-likeness (QED) is 0.455. The molecule has 2 amide bonds. The van der Waals surface area contributed by atoms with Crippen molar-refractivity contribution < 1.29 is 9.59 Å². The fourth-order valence-corrected chi connectivity index (χ4v) is 6.72. The van der Waals surface area contributed by atoms with Gasteiger partial charge in [-0.2, -0.15) is 0 Å². The average molecular weight is 508 g/mol. The molecule has 1 saturated carbocycles. The second-order valence-corrected chi connectivity index (χ2v) is 11.3. The molecule has 192 valence electrons. The minimum absolute atomic E-state index is 0.00297. The van der Waals surface area contributed by atoms with Crippen molar-refractivity contribution in [1.29, 1.82) is 0 Å². The number of imidazole rings is 1. The van der Waals surface area contributed by atoms with Gasteiger partial charge in [-0.25, -0.2) is 9.97 Å². The number of aryl methyl sites for hydroxylation is 1. The van der Waals surface area contributed by atoms with Gasteiger partial charge in [-0.1, -0.05) is 39.2 Å². The molecule has 1 N–H and O–H groups in total. The van der Waals surface area contributed by atoms with Gasteiger partial charge in [0.15, 0.2) is 0 Å². The maximum atomic E-state index is 14.0. The zero-order valence-corrected chi connectivity index (χ0v) is 22.4. The second-order valence-electron chi connectivity index (χ2n) is 10.4. The van der Waals surface area contributed by atoms with E-state index in [-0.39, 0.29) is 29.7 Å². The fraction of sp³-hybridized carbons (Fsp3) is 0.571. The van der Waals surface area contributed by atoms with Gasteiger partial charge in [-0.05, 0) is 57.1 Å². The third-order valence-corrected chi connectivity index (χ3v) is 8.98. The maximum Gasteiger partial charge on any atom is 0.246 e. The number of pyridine rings is 1. The Bertz CT molecular complexity index is 1230. The molecule has 0 unspecified atom stereocenters. The molecule has 4 heterocycles. The Morgan fingerprint density at radius 3 is 2.72 bits per heavy atom. The van der Waals surface area contributed by atoms with Crippen LogP contribution in [0.3, 0.4) is 0 Å². The lowest BCUT2D eigenvalue weighted by atomic mass is 9.83. The van der Waals surface area contributed by atoms with E-state index in [9.17, 15) is 9.59 Å². The molecule has 5 rings (SSSR count). The fourth-order valence-electron chi connectivity index (χ4n) is 5.77. The Kier molecular flexibility index (Phi) is 7.42. The molecule has 0 bridgehead atoms. The Balaban J connectivity index is 1.40. The predicted octanol–water partition coefficient (Wildman–Crippen LogP) is 5.54. The summed E-state index contributed by atoms with van der Waals surface area (Å²) in [6.07, 6.45) is 10.1. The van der Waals surface area contributed by atoms with Crippen LogP contribution in [0.5, 0.6) is 0 Å².